The number of halogens is 1. The lowest BCUT2D eigenvalue weighted by Gasteiger charge is -2.29. The summed E-state index contributed by atoms with van der Waals surface area (Å²) in [6.45, 7) is 6.54. The standard InChI is InChI=1S/C17H27BrN2O/c1-5-13-16(18)14(20(4)19-13)10-15(21)17(11-12(2)3)8-6-7-9-17/h12H,5-11H2,1-4H3. The van der Waals surface area contributed by atoms with E-state index in [-0.39, 0.29) is 5.41 Å². The van der Waals surface area contributed by atoms with Crippen LogP contribution in [0, 0.1) is 11.3 Å². The van der Waals surface area contributed by atoms with Gasteiger partial charge in [0.15, 0.2) is 0 Å². The normalized spacial score (nSPS) is 17.6. The van der Waals surface area contributed by atoms with Crippen LogP contribution in [-0.2, 0) is 24.7 Å². The number of carbonyl (C=O) groups excluding carboxylic acids is 1. The number of aromatic nitrogens is 2. The Morgan fingerprint density at radius 3 is 2.48 bits per heavy atom. The van der Waals surface area contributed by atoms with Gasteiger partial charge in [-0.25, -0.2) is 0 Å². The molecule has 1 fully saturated rings. The highest BCUT2D eigenvalue weighted by Gasteiger charge is 2.41. The van der Waals surface area contributed by atoms with Gasteiger partial charge in [-0.2, -0.15) is 5.10 Å². The van der Waals surface area contributed by atoms with Crippen molar-refractivity contribution in [1.82, 2.24) is 9.78 Å². The predicted molar refractivity (Wildman–Crippen MR) is 89.4 cm³/mol. The van der Waals surface area contributed by atoms with Crippen molar-refractivity contribution in [3.05, 3.63) is 15.9 Å². The van der Waals surface area contributed by atoms with Gasteiger partial charge in [0, 0.05) is 12.5 Å². The molecule has 1 saturated carbocycles. The molecule has 2 rings (SSSR count). The Kier molecular flexibility index (Phi) is 5.29. The number of carbonyl (C=O) groups is 1. The Bertz CT molecular complexity index is 513. The topological polar surface area (TPSA) is 34.9 Å². The van der Waals surface area contributed by atoms with Crippen LogP contribution in [0.4, 0.5) is 0 Å². The average molecular weight is 355 g/mol. The average Bonchev–Trinajstić information content (AvgIpc) is 2.98. The van der Waals surface area contributed by atoms with Crippen molar-refractivity contribution in [3.63, 3.8) is 0 Å². The second kappa shape index (κ2) is 6.64. The first kappa shape index (κ1) is 16.7. The monoisotopic (exact) mass is 354 g/mol. The van der Waals surface area contributed by atoms with Crippen molar-refractivity contribution in [3.8, 4) is 0 Å². The Morgan fingerprint density at radius 1 is 1.38 bits per heavy atom. The minimum Gasteiger partial charge on any atom is -0.299 e. The van der Waals surface area contributed by atoms with Crippen LogP contribution in [0.3, 0.4) is 0 Å². The molecule has 0 bridgehead atoms. The number of rotatable bonds is 6. The molecule has 4 heteroatoms. The zero-order valence-electron chi connectivity index (χ0n) is 13.7. The molecule has 0 spiro atoms. The molecule has 0 aromatic carbocycles. The number of hydrogen-bond donors (Lipinski definition) is 0. The van der Waals surface area contributed by atoms with Crippen molar-refractivity contribution in [1.29, 1.82) is 0 Å². The van der Waals surface area contributed by atoms with E-state index >= 15 is 0 Å². The Balaban J connectivity index is 2.22. The Labute approximate surface area is 136 Å². The summed E-state index contributed by atoms with van der Waals surface area (Å²) in [5, 5.41) is 4.51. The SMILES string of the molecule is CCc1nn(C)c(CC(=O)C2(CC(C)C)CCCC2)c1Br. The molecule has 0 radical (unpaired) electrons. The summed E-state index contributed by atoms with van der Waals surface area (Å²) in [4.78, 5) is 13.0. The highest BCUT2D eigenvalue weighted by atomic mass is 79.9. The van der Waals surface area contributed by atoms with Crippen molar-refractivity contribution < 1.29 is 4.79 Å². The molecular weight excluding hydrogens is 328 g/mol. The Hall–Kier alpha value is -0.640. The third-order valence-electron chi connectivity index (χ3n) is 4.78. The molecule has 0 aliphatic heterocycles. The molecule has 0 amide bonds. The number of aryl methyl sites for hydroxylation is 2. The molecule has 1 aliphatic carbocycles. The molecule has 0 saturated heterocycles. The molecule has 3 nitrogen and oxygen atoms in total. The van der Waals surface area contributed by atoms with Gasteiger partial charge in [-0.05, 0) is 47.5 Å². The molecule has 1 aromatic rings. The number of nitrogens with zero attached hydrogens (tertiary/aromatic N) is 2. The largest absolute Gasteiger partial charge is 0.299 e. The van der Waals surface area contributed by atoms with Gasteiger partial charge in [-0.15, -0.1) is 0 Å². The number of hydrogen-bond acceptors (Lipinski definition) is 2. The lowest BCUT2D eigenvalue weighted by Crippen LogP contribution is -2.31. The lowest BCUT2D eigenvalue weighted by atomic mass is 9.74. The molecule has 21 heavy (non-hydrogen) atoms. The van der Waals surface area contributed by atoms with Crippen LogP contribution < -0.4 is 0 Å². The van der Waals surface area contributed by atoms with E-state index in [9.17, 15) is 4.79 Å². The molecule has 118 valence electrons. The molecule has 1 aromatic heterocycles. The molecule has 0 unspecified atom stereocenters. The summed E-state index contributed by atoms with van der Waals surface area (Å²) in [6.07, 6.45) is 6.97. The van der Waals surface area contributed by atoms with Gasteiger partial charge >= 0.3 is 0 Å². The van der Waals surface area contributed by atoms with Crippen LogP contribution in [0.5, 0.6) is 0 Å². The number of ketones is 1. The van der Waals surface area contributed by atoms with E-state index in [1.807, 2.05) is 11.7 Å². The first-order valence-electron chi connectivity index (χ1n) is 8.13. The highest BCUT2D eigenvalue weighted by molar-refractivity contribution is 9.10. The van der Waals surface area contributed by atoms with Gasteiger partial charge < -0.3 is 0 Å². The van der Waals surface area contributed by atoms with Crippen molar-refractivity contribution >= 4 is 21.7 Å². The van der Waals surface area contributed by atoms with E-state index in [0.29, 0.717) is 18.1 Å². The summed E-state index contributed by atoms with van der Waals surface area (Å²) in [5.74, 6) is 0.994. The quantitative estimate of drug-likeness (QED) is 0.755. The van der Waals surface area contributed by atoms with Gasteiger partial charge in [0.25, 0.3) is 0 Å². The van der Waals surface area contributed by atoms with Crippen molar-refractivity contribution in [2.75, 3.05) is 0 Å². The first-order valence-corrected chi connectivity index (χ1v) is 8.92. The molecule has 1 heterocycles. The minimum absolute atomic E-state index is 0.0791. The summed E-state index contributed by atoms with van der Waals surface area (Å²) in [7, 11) is 1.94. The van der Waals surface area contributed by atoms with Crippen LogP contribution in [0.2, 0.25) is 0 Å². The maximum atomic E-state index is 13.0. The zero-order valence-corrected chi connectivity index (χ0v) is 15.3. The zero-order chi connectivity index (χ0) is 15.6. The van der Waals surface area contributed by atoms with Crippen LogP contribution in [0.1, 0.15) is 64.3 Å². The second-order valence-corrected chi connectivity index (χ2v) is 7.66. The van der Waals surface area contributed by atoms with Crippen molar-refractivity contribution in [2.45, 2.75) is 65.7 Å². The van der Waals surface area contributed by atoms with Gasteiger partial charge in [0.05, 0.1) is 22.3 Å². The fourth-order valence-corrected chi connectivity index (χ4v) is 4.54. The van der Waals surface area contributed by atoms with Gasteiger partial charge in [0.1, 0.15) is 5.78 Å². The lowest BCUT2D eigenvalue weighted by molar-refractivity contribution is -0.128. The summed E-state index contributed by atoms with van der Waals surface area (Å²) in [5.41, 5.74) is 2.00. The second-order valence-electron chi connectivity index (χ2n) is 6.87. The number of Topliss-reactive ketones (excluding diaryl/α,β-unsaturated/α-hetero) is 1. The van der Waals surface area contributed by atoms with E-state index in [0.717, 1.165) is 41.5 Å². The predicted octanol–water partition coefficient (Wildman–Crippen LogP) is 4.46. The Morgan fingerprint density at radius 2 is 2.00 bits per heavy atom. The van der Waals surface area contributed by atoms with E-state index in [1.165, 1.54) is 12.8 Å². The summed E-state index contributed by atoms with van der Waals surface area (Å²) >= 11 is 3.63. The smallest absolute Gasteiger partial charge is 0.145 e. The van der Waals surface area contributed by atoms with Crippen LogP contribution in [0.25, 0.3) is 0 Å². The fourth-order valence-electron chi connectivity index (χ4n) is 3.78. The summed E-state index contributed by atoms with van der Waals surface area (Å²) < 4.78 is 2.90. The molecule has 1 aliphatic rings. The highest BCUT2D eigenvalue weighted by Crippen LogP contribution is 2.45. The van der Waals surface area contributed by atoms with Crippen LogP contribution >= 0.6 is 15.9 Å². The maximum Gasteiger partial charge on any atom is 0.145 e. The van der Waals surface area contributed by atoms with Gasteiger partial charge in [-0.1, -0.05) is 33.6 Å². The van der Waals surface area contributed by atoms with E-state index in [4.69, 9.17) is 0 Å². The van der Waals surface area contributed by atoms with Gasteiger partial charge in [-0.3, -0.25) is 9.48 Å². The molecule has 0 atom stereocenters. The van der Waals surface area contributed by atoms with Crippen LogP contribution in [-0.4, -0.2) is 15.6 Å². The third-order valence-corrected chi connectivity index (χ3v) is 5.70. The summed E-state index contributed by atoms with van der Waals surface area (Å²) in [6, 6.07) is 0. The molecule has 0 N–H and O–H groups in total. The fraction of sp³-hybridized carbons (Fsp3) is 0.765. The first-order chi connectivity index (χ1) is 9.89. The third kappa shape index (κ3) is 3.41. The van der Waals surface area contributed by atoms with Crippen LogP contribution in [0.15, 0.2) is 4.47 Å². The minimum atomic E-state index is -0.0791. The van der Waals surface area contributed by atoms with E-state index in [1.54, 1.807) is 0 Å². The maximum absolute atomic E-state index is 13.0. The van der Waals surface area contributed by atoms with E-state index < -0.39 is 0 Å². The van der Waals surface area contributed by atoms with E-state index in [2.05, 4.69) is 41.8 Å². The molecular formula is C17H27BrN2O. The van der Waals surface area contributed by atoms with Gasteiger partial charge in [0.2, 0.25) is 0 Å². The van der Waals surface area contributed by atoms with Crippen molar-refractivity contribution in [2.24, 2.45) is 18.4 Å².